The number of amides is 3. The molecule has 0 spiro atoms. The van der Waals surface area contributed by atoms with Gasteiger partial charge >= 0.3 is 11.8 Å². The van der Waals surface area contributed by atoms with Crippen molar-refractivity contribution in [3.63, 3.8) is 0 Å². The molecule has 2 aromatic carbocycles. The van der Waals surface area contributed by atoms with Crippen LogP contribution >= 0.6 is 0 Å². The van der Waals surface area contributed by atoms with Gasteiger partial charge < -0.3 is 25.8 Å². The number of aliphatic hydroxyl groups is 1. The molecule has 0 radical (unpaired) electrons. The van der Waals surface area contributed by atoms with E-state index in [1.165, 1.54) is 6.07 Å². The Morgan fingerprint density at radius 2 is 1.66 bits per heavy atom. The van der Waals surface area contributed by atoms with Crippen molar-refractivity contribution in [2.24, 2.45) is 0 Å². The third-order valence-corrected chi connectivity index (χ3v) is 4.08. The van der Waals surface area contributed by atoms with Crippen molar-refractivity contribution in [1.82, 2.24) is 10.6 Å². The highest BCUT2D eigenvalue weighted by atomic mass is 16.5. The summed E-state index contributed by atoms with van der Waals surface area (Å²) in [6, 6.07) is 15.2. The monoisotopic (exact) mass is 399 g/mol. The Hall–Kier alpha value is -3.23. The summed E-state index contributed by atoms with van der Waals surface area (Å²) in [4.78, 5) is 36.6. The van der Waals surface area contributed by atoms with E-state index in [-0.39, 0.29) is 23.7 Å². The van der Waals surface area contributed by atoms with E-state index in [0.29, 0.717) is 25.1 Å². The molecular weight excluding hydrogens is 374 g/mol. The number of carbonyl (C=O) groups is 3. The summed E-state index contributed by atoms with van der Waals surface area (Å²) in [7, 11) is 1.58. The predicted molar refractivity (Wildman–Crippen MR) is 108 cm³/mol. The highest BCUT2D eigenvalue weighted by Crippen LogP contribution is 2.15. The van der Waals surface area contributed by atoms with Gasteiger partial charge in [0.2, 0.25) is 0 Å². The van der Waals surface area contributed by atoms with Gasteiger partial charge in [0, 0.05) is 26.8 Å². The van der Waals surface area contributed by atoms with Crippen LogP contribution < -0.4 is 16.0 Å². The maximum Gasteiger partial charge on any atom is 0.313 e. The number of benzene rings is 2. The fourth-order valence-corrected chi connectivity index (χ4v) is 2.55. The standard InChI is InChI=1S/C21H25N3O5/c1-29-13-7-12-22-19(26)16-10-5-6-11-17(16)24-21(28)20(27)23-14-18(25)15-8-3-2-4-9-15/h2-6,8-11,18,25H,7,12-14H2,1H3,(H,22,26)(H,23,27)(H,24,28)/t18-/m1/s1. The van der Waals surface area contributed by atoms with Gasteiger partial charge in [0.1, 0.15) is 0 Å². The first-order valence-corrected chi connectivity index (χ1v) is 9.21. The van der Waals surface area contributed by atoms with Crippen LogP contribution in [0.15, 0.2) is 54.6 Å². The average molecular weight is 399 g/mol. The molecule has 0 aliphatic heterocycles. The number of anilines is 1. The number of para-hydroxylation sites is 1. The molecule has 0 unspecified atom stereocenters. The van der Waals surface area contributed by atoms with Crippen molar-refractivity contribution in [2.75, 3.05) is 32.1 Å². The Morgan fingerprint density at radius 3 is 2.38 bits per heavy atom. The molecule has 8 heteroatoms. The second kappa shape index (κ2) is 11.6. The summed E-state index contributed by atoms with van der Waals surface area (Å²) in [5.74, 6) is -2.20. The molecule has 0 aromatic heterocycles. The zero-order chi connectivity index (χ0) is 21.1. The van der Waals surface area contributed by atoms with Gasteiger partial charge in [-0.15, -0.1) is 0 Å². The smallest absolute Gasteiger partial charge is 0.313 e. The lowest BCUT2D eigenvalue weighted by molar-refractivity contribution is -0.136. The maximum absolute atomic E-state index is 12.3. The summed E-state index contributed by atoms with van der Waals surface area (Å²) in [6.07, 6.45) is -0.277. The number of carbonyl (C=O) groups excluding carboxylic acids is 3. The lowest BCUT2D eigenvalue weighted by Gasteiger charge is -2.13. The molecule has 0 saturated heterocycles. The number of methoxy groups -OCH3 is 1. The van der Waals surface area contributed by atoms with Crippen molar-refractivity contribution < 1.29 is 24.2 Å². The van der Waals surface area contributed by atoms with E-state index in [1.54, 1.807) is 49.6 Å². The second-order valence-corrected chi connectivity index (χ2v) is 6.24. The van der Waals surface area contributed by atoms with E-state index in [9.17, 15) is 19.5 Å². The Labute approximate surface area is 169 Å². The quantitative estimate of drug-likeness (QED) is 0.374. The van der Waals surface area contributed by atoms with Gasteiger partial charge in [-0.25, -0.2) is 0 Å². The third-order valence-electron chi connectivity index (χ3n) is 4.08. The van der Waals surface area contributed by atoms with Crippen LogP contribution in [-0.2, 0) is 14.3 Å². The Bertz CT molecular complexity index is 826. The van der Waals surface area contributed by atoms with Gasteiger partial charge in [-0.05, 0) is 24.1 Å². The maximum atomic E-state index is 12.3. The first-order valence-electron chi connectivity index (χ1n) is 9.21. The minimum Gasteiger partial charge on any atom is -0.387 e. The Kier molecular flexibility index (Phi) is 8.81. The number of ether oxygens (including phenoxy) is 1. The topological polar surface area (TPSA) is 117 Å². The summed E-state index contributed by atoms with van der Waals surface area (Å²) in [5.41, 5.74) is 1.10. The number of hydrogen-bond donors (Lipinski definition) is 4. The van der Waals surface area contributed by atoms with E-state index in [0.717, 1.165) is 0 Å². The molecule has 0 aliphatic rings. The lowest BCUT2D eigenvalue weighted by atomic mass is 10.1. The molecule has 0 saturated carbocycles. The van der Waals surface area contributed by atoms with Crippen LogP contribution in [-0.4, -0.2) is 49.6 Å². The van der Waals surface area contributed by atoms with E-state index in [1.807, 2.05) is 6.07 Å². The van der Waals surface area contributed by atoms with Crippen LogP contribution in [0.3, 0.4) is 0 Å². The minimum absolute atomic E-state index is 0.113. The van der Waals surface area contributed by atoms with Gasteiger partial charge in [0.15, 0.2) is 0 Å². The van der Waals surface area contributed by atoms with Crippen molar-refractivity contribution in [2.45, 2.75) is 12.5 Å². The van der Waals surface area contributed by atoms with E-state index >= 15 is 0 Å². The van der Waals surface area contributed by atoms with Gasteiger partial charge in [-0.3, -0.25) is 14.4 Å². The van der Waals surface area contributed by atoms with Gasteiger partial charge in [-0.2, -0.15) is 0 Å². The van der Waals surface area contributed by atoms with Crippen LogP contribution in [0.4, 0.5) is 5.69 Å². The molecule has 4 N–H and O–H groups in total. The number of nitrogens with one attached hydrogen (secondary N) is 3. The largest absolute Gasteiger partial charge is 0.387 e. The normalized spacial score (nSPS) is 11.4. The SMILES string of the molecule is COCCCNC(=O)c1ccccc1NC(=O)C(=O)NC[C@@H](O)c1ccccc1. The third kappa shape index (κ3) is 7.02. The first kappa shape index (κ1) is 22.1. The summed E-state index contributed by atoms with van der Waals surface area (Å²) in [5, 5.41) is 17.6. The van der Waals surface area contributed by atoms with Gasteiger partial charge in [-0.1, -0.05) is 42.5 Å². The molecule has 0 fully saturated rings. The zero-order valence-corrected chi connectivity index (χ0v) is 16.2. The predicted octanol–water partition coefficient (Wildman–Crippen LogP) is 1.24. The summed E-state index contributed by atoms with van der Waals surface area (Å²) in [6.45, 7) is 0.832. The molecule has 1 atom stereocenters. The lowest BCUT2D eigenvalue weighted by Crippen LogP contribution is -2.38. The highest BCUT2D eigenvalue weighted by Gasteiger charge is 2.18. The molecule has 8 nitrogen and oxygen atoms in total. The van der Waals surface area contributed by atoms with Crippen molar-refractivity contribution in [1.29, 1.82) is 0 Å². The van der Waals surface area contributed by atoms with Crippen LogP contribution in [0, 0.1) is 0 Å². The minimum atomic E-state index is -0.932. The second-order valence-electron chi connectivity index (χ2n) is 6.24. The molecule has 29 heavy (non-hydrogen) atoms. The van der Waals surface area contributed by atoms with Gasteiger partial charge in [0.25, 0.3) is 5.91 Å². The highest BCUT2D eigenvalue weighted by molar-refractivity contribution is 6.40. The zero-order valence-electron chi connectivity index (χ0n) is 16.2. The summed E-state index contributed by atoms with van der Waals surface area (Å²) < 4.78 is 4.93. The van der Waals surface area contributed by atoms with Crippen molar-refractivity contribution in [3.05, 3.63) is 65.7 Å². The van der Waals surface area contributed by atoms with Crippen LogP contribution in [0.25, 0.3) is 0 Å². The number of rotatable bonds is 9. The van der Waals surface area contributed by atoms with Crippen molar-refractivity contribution in [3.8, 4) is 0 Å². The fraction of sp³-hybridized carbons (Fsp3) is 0.286. The van der Waals surface area contributed by atoms with Crippen LogP contribution in [0.2, 0.25) is 0 Å². The molecule has 0 heterocycles. The van der Waals surface area contributed by atoms with Crippen LogP contribution in [0.1, 0.15) is 28.4 Å². The Balaban J connectivity index is 1.91. The molecular formula is C21H25N3O5. The number of hydrogen-bond acceptors (Lipinski definition) is 5. The van der Waals surface area contributed by atoms with Gasteiger partial charge in [0.05, 0.1) is 17.4 Å². The summed E-state index contributed by atoms with van der Waals surface area (Å²) >= 11 is 0. The molecule has 154 valence electrons. The van der Waals surface area contributed by atoms with E-state index in [4.69, 9.17) is 4.74 Å². The molecule has 2 aromatic rings. The van der Waals surface area contributed by atoms with Crippen LogP contribution in [0.5, 0.6) is 0 Å². The molecule has 2 rings (SSSR count). The van der Waals surface area contributed by atoms with E-state index < -0.39 is 17.9 Å². The fourth-order valence-electron chi connectivity index (χ4n) is 2.55. The number of aliphatic hydroxyl groups excluding tert-OH is 1. The van der Waals surface area contributed by atoms with E-state index in [2.05, 4.69) is 16.0 Å². The van der Waals surface area contributed by atoms with Crippen molar-refractivity contribution >= 4 is 23.4 Å². The Morgan fingerprint density at radius 1 is 0.966 bits per heavy atom. The average Bonchev–Trinajstić information content (AvgIpc) is 2.75. The molecule has 3 amide bonds. The molecule has 0 bridgehead atoms. The first-order chi connectivity index (χ1) is 14.0. The molecule has 0 aliphatic carbocycles.